The molecule has 0 atom stereocenters. The van der Waals surface area contributed by atoms with Crippen LogP contribution >= 0.6 is 0 Å². The second kappa shape index (κ2) is 8.82. The zero-order chi connectivity index (χ0) is 18.2. The summed E-state index contributed by atoms with van der Waals surface area (Å²) in [5.41, 5.74) is 1.65. The predicted molar refractivity (Wildman–Crippen MR) is 90.8 cm³/mol. The van der Waals surface area contributed by atoms with Crippen LogP contribution in [0.25, 0.3) is 0 Å². The van der Waals surface area contributed by atoms with Crippen molar-refractivity contribution in [3.63, 3.8) is 0 Å². The van der Waals surface area contributed by atoms with Crippen LogP contribution in [-0.4, -0.2) is 35.5 Å². The molecule has 0 saturated carbocycles. The molecule has 0 spiro atoms. The minimum Gasteiger partial charge on any atom is -0.497 e. The number of carbonyl (C=O) groups is 2. The van der Waals surface area contributed by atoms with Crippen molar-refractivity contribution in [3.05, 3.63) is 65.5 Å². The third-order valence-corrected chi connectivity index (χ3v) is 3.75. The molecule has 1 N–H and O–H groups in total. The van der Waals surface area contributed by atoms with Crippen LogP contribution in [0.15, 0.2) is 48.5 Å². The first-order valence-electron chi connectivity index (χ1n) is 7.85. The molecule has 0 aliphatic rings. The van der Waals surface area contributed by atoms with Crippen molar-refractivity contribution in [2.45, 2.75) is 19.4 Å². The molecule has 2 aromatic rings. The van der Waals surface area contributed by atoms with Crippen molar-refractivity contribution in [3.8, 4) is 5.75 Å². The van der Waals surface area contributed by atoms with Gasteiger partial charge >= 0.3 is 5.97 Å². The first-order valence-corrected chi connectivity index (χ1v) is 7.85. The summed E-state index contributed by atoms with van der Waals surface area (Å²) in [6.45, 7) is -0.257. The van der Waals surface area contributed by atoms with Crippen LogP contribution in [0, 0.1) is 5.82 Å². The summed E-state index contributed by atoms with van der Waals surface area (Å²) in [6.07, 6.45) is 0.698. The number of rotatable bonds is 8. The molecule has 0 fully saturated rings. The van der Waals surface area contributed by atoms with E-state index in [-0.39, 0.29) is 24.7 Å². The van der Waals surface area contributed by atoms with Crippen molar-refractivity contribution >= 4 is 11.9 Å². The Labute approximate surface area is 145 Å². The number of hydrogen-bond donors (Lipinski definition) is 1. The number of halogens is 1. The molecule has 0 heterocycles. The molecule has 0 unspecified atom stereocenters. The molecule has 1 amide bonds. The fraction of sp³-hybridized carbons (Fsp3) is 0.263. The van der Waals surface area contributed by atoms with Crippen molar-refractivity contribution in [1.29, 1.82) is 0 Å². The molecule has 0 saturated heterocycles. The SMILES string of the molecule is COc1ccc(CCC(=O)N(CC(=O)O)Cc2ccc(F)cc2)cc1. The largest absolute Gasteiger partial charge is 0.497 e. The molecular weight excluding hydrogens is 325 g/mol. The Balaban J connectivity index is 1.99. The first-order chi connectivity index (χ1) is 12.0. The maximum Gasteiger partial charge on any atom is 0.323 e. The van der Waals surface area contributed by atoms with Gasteiger partial charge in [0.1, 0.15) is 18.1 Å². The van der Waals surface area contributed by atoms with Gasteiger partial charge in [0, 0.05) is 13.0 Å². The Hall–Kier alpha value is -2.89. The lowest BCUT2D eigenvalue weighted by molar-refractivity contribution is -0.144. The number of nitrogens with zero attached hydrogens (tertiary/aromatic N) is 1. The summed E-state index contributed by atoms with van der Waals surface area (Å²) >= 11 is 0. The molecule has 0 aromatic heterocycles. The Morgan fingerprint density at radius 1 is 1.04 bits per heavy atom. The quantitative estimate of drug-likeness (QED) is 0.799. The lowest BCUT2D eigenvalue weighted by Crippen LogP contribution is -2.35. The summed E-state index contributed by atoms with van der Waals surface area (Å²) < 4.78 is 18.1. The van der Waals surface area contributed by atoms with E-state index in [1.165, 1.54) is 17.0 Å². The smallest absolute Gasteiger partial charge is 0.323 e. The Morgan fingerprint density at radius 2 is 1.64 bits per heavy atom. The Kier molecular flexibility index (Phi) is 6.51. The standard InChI is InChI=1S/C19H20FNO4/c1-25-17-9-4-14(5-10-17)6-11-18(22)21(13-19(23)24)12-15-2-7-16(20)8-3-15/h2-5,7-10H,6,11-13H2,1H3,(H,23,24). The minimum absolute atomic E-state index is 0.133. The van der Waals surface area contributed by atoms with E-state index in [0.717, 1.165) is 11.3 Å². The van der Waals surface area contributed by atoms with Crippen LogP contribution in [0.1, 0.15) is 17.5 Å². The molecule has 5 nitrogen and oxygen atoms in total. The highest BCUT2D eigenvalue weighted by atomic mass is 19.1. The van der Waals surface area contributed by atoms with E-state index >= 15 is 0 Å². The van der Waals surface area contributed by atoms with E-state index in [4.69, 9.17) is 9.84 Å². The van der Waals surface area contributed by atoms with Gasteiger partial charge in [0.15, 0.2) is 0 Å². The van der Waals surface area contributed by atoms with Gasteiger partial charge in [0.05, 0.1) is 7.11 Å². The van der Waals surface area contributed by atoms with Crippen LogP contribution in [0.2, 0.25) is 0 Å². The number of ether oxygens (including phenoxy) is 1. The van der Waals surface area contributed by atoms with Gasteiger partial charge in [-0.2, -0.15) is 0 Å². The van der Waals surface area contributed by atoms with Gasteiger partial charge in [-0.1, -0.05) is 24.3 Å². The Morgan fingerprint density at radius 3 is 2.20 bits per heavy atom. The molecule has 2 aromatic carbocycles. The number of aryl methyl sites for hydroxylation is 1. The minimum atomic E-state index is -1.08. The number of methoxy groups -OCH3 is 1. The van der Waals surface area contributed by atoms with Crippen molar-refractivity contribution in [2.75, 3.05) is 13.7 Å². The maximum atomic E-state index is 13.0. The number of amides is 1. The van der Waals surface area contributed by atoms with Crippen LogP contribution in [0.4, 0.5) is 4.39 Å². The number of carboxylic acid groups (broad SMARTS) is 1. The average Bonchev–Trinajstić information content (AvgIpc) is 2.61. The molecule has 0 radical (unpaired) electrons. The molecule has 25 heavy (non-hydrogen) atoms. The molecule has 0 aliphatic heterocycles. The molecule has 2 rings (SSSR count). The average molecular weight is 345 g/mol. The van der Waals surface area contributed by atoms with E-state index in [0.29, 0.717) is 12.0 Å². The number of carbonyl (C=O) groups excluding carboxylic acids is 1. The van der Waals surface area contributed by atoms with E-state index in [2.05, 4.69) is 0 Å². The number of benzene rings is 2. The molecule has 0 bridgehead atoms. The lowest BCUT2D eigenvalue weighted by Gasteiger charge is -2.21. The monoisotopic (exact) mass is 345 g/mol. The molecule has 132 valence electrons. The van der Waals surface area contributed by atoms with E-state index in [9.17, 15) is 14.0 Å². The van der Waals surface area contributed by atoms with Crippen LogP contribution in [0.3, 0.4) is 0 Å². The summed E-state index contributed by atoms with van der Waals surface area (Å²) in [6, 6.07) is 13.0. The summed E-state index contributed by atoms with van der Waals surface area (Å²) in [4.78, 5) is 24.7. The third-order valence-electron chi connectivity index (χ3n) is 3.75. The number of hydrogen-bond acceptors (Lipinski definition) is 3. The van der Waals surface area contributed by atoms with E-state index < -0.39 is 12.5 Å². The third kappa shape index (κ3) is 5.91. The second-order valence-corrected chi connectivity index (χ2v) is 5.62. The van der Waals surface area contributed by atoms with Gasteiger partial charge in [0.2, 0.25) is 5.91 Å². The highest BCUT2D eigenvalue weighted by Gasteiger charge is 2.17. The van der Waals surface area contributed by atoms with Gasteiger partial charge in [-0.3, -0.25) is 9.59 Å². The van der Waals surface area contributed by atoms with Gasteiger partial charge in [-0.15, -0.1) is 0 Å². The lowest BCUT2D eigenvalue weighted by atomic mass is 10.1. The molecular formula is C19H20FNO4. The van der Waals surface area contributed by atoms with Crippen molar-refractivity contribution in [1.82, 2.24) is 4.90 Å². The van der Waals surface area contributed by atoms with E-state index in [1.807, 2.05) is 24.3 Å². The number of aliphatic carboxylic acids is 1. The van der Waals surface area contributed by atoms with E-state index in [1.54, 1.807) is 19.2 Å². The molecule has 6 heteroatoms. The fourth-order valence-corrected chi connectivity index (χ4v) is 2.41. The van der Waals surface area contributed by atoms with Gasteiger partial charge in [-0.25, -0.2) is 4.39 Å². The summed E-state index contributed by atoms with van der Waals surface area (Å²) in [5.74, 6) is -0.985. The first kappa shape index (κ1) is 18.4. The highest BCUT2D eigenvalue weighted by Crippen LogP contribution is 2.14. The molecule has 0 aliphatic carbocycles. The zero-order valence-electron chi connectivity index (χ0n) is 13.9. The van der Waals surface area contributed by atoms with Crippen molar-refractivity contribution in [2.24, 2.45) is 0 Å². The topological polar surface area (TPSA) is 66.8 Å². The Bertz CT molecular complexity index is 713. The van der Waals surface area contributed by atoms with Crippen molar-refractivity contribution < 1.29 is 23.8 Å². The highest BCUT2D eigenvalue weighted by molar-refractivity contribution is 5.81. The van der Waals surface area contributed by atoms with Gasteiger partial charge in [0.25, 0.3) is 0 Å². The maximum absolute atomic E-state index is 13.0. The predicted octanol–water partition coefficient (Wildman–Crippen LogP) is 2.88. The van der Waals surface area contributed by atoms with Crippen LogP contribution < -0.4 is 4.74 Å². The zero-order valence-corrected chi connectivity index (χ0v) is 13.9. The van der Waals surface area contributed by atoms with Crippen LogP contribution in [0.5, 0.6) is 5.75 Å². The summed E-state index contributed by atoms with van der Waals surface area (Å²) in [5, 5.41) is 9.03. The second-order valence-electron chi connectivity index (χ2n) is 5.62. The fourth-order valence-electron chi connectivity index (χ4n) is 2.41. The van der Waals surface area contributed by atoms with Gasteiger partial charge < -0.3 is 14.7 Å². The van der Waals surface area contributed by atoms with Gasteiger partial charge in [-0.05, 0) is 41.8 Å². The van der Waals surface area contributed by atoms with Crippen LogP contribution in [-0.2, 0) is 22.6 Å². The summed E-state index contributed by atoms with van der Waals surface area (Å²) in [7, 11) is 1.58. The normalized spacial score (nSPS) is 10.3. The number of carboxylic acids is 1.